The molecular weight excluding hydrogens is 1250 g/mol. The molecule has 0 heterocycles. The highest BCUT2D eigenvalue weighted by molar-refractivity contribution is 7.47. The first-order chi connectivity index (χ1) is 45.6. The second kappa shape index (κ2) is 65.4. The molecule has 0 bridgehead atoms. The molecule has 0 rings (SSSR count). The van der Waals surface area contributed by atoms with Gasteiger partial charge in [0.15, 0.2) is 12.2 Å². The van der Waals surface area contributed by atoms with Gasteiger partial charge in [-0.2, -0.15) is 0 Å². The van der Waals surface area contributed by atoms with Crippen molar-refractivity contribution in [2.45, 2.75) is 401 Å². The maximum atomic E-state index is 13.1. The van der Waals surface area contributed by atoms with Gasteiger partial charge in [0.25, 0.3) is 0 Å². The van der Waals surface area contributed by atoms with Crippen LogP contribution < -0.4 is 0 Å². The summed E-state index contributed by atoms with van der Waals surface area (Å²) in [6.07, 6.45) is 49.9. The lowest BCUT2D eigenvalue weighted by atomic mass is 9.99. The van der Waals surface area contributed by atoms with E-state index >= 15 is 0 Å². The number of aliphatic hydroxyl groups is 1. The van der Waals surface area contributed by atoms with Gasteiger partial charge in [0.2, 0.25) is 0 Å². The van der Waals surface area contributed by atoms with E-state index in [0.29, 0.717) is 31.6 Å². The summed E-state index contributed by atoms with van der Waals surface area (Å²) in [5.74, 6) is 0.951. The fourth-order valence-corrected chi connectivity index (χ4v) is 13.1. The van der Waals surface area contributed by atoms with E-state index in [1.165, 1.54) is 180 Å². The molecule has 0 saturated carbocycles. The molecule has 0 aromatic carbocycles. The van der Waals surface area contributed by atoms with Crippen molar-refractivity contribution in [2.24, 2.45) is 23.7 Å². The minimum Gasteiger partial charge on any atom is -0.462 e. The quantitative estimate of drug-likeness (QED) is 0.0222. The van der Waals surface area contributed by atoms with E-state index in [9.17, 15) is 43.2 Å². The van der Waals surface area contributed by atoms with Crippen LogP contribution in [0.25, 0.3) is 0 Å². The Labute approximate surface area is 581 Å². The van der Waals surface area contributed by atoms with Gasteiger partial charge in [0.05, 0.1) is 26.4 Å². The molecule has 0 aromatic heterocycles. The molecule has 6 atom stereocenters. The maximum Gasteiger partial charge on any atom is 0.472 e. The summed E-state index contributed by atoms with van der Waals surface area (Å²) in [5.41, 5.74) is 0. The lowest BCUT2D eigenvalue weighted by Crippen LogP contribution is -2.30. The SMILES string of the molecule is CCC(C)CCCCCCCCCCCCC(=O)O[C@H](COC(=O)CCCCCCCCCCCCCCCCC(C)C)COP(=O)(O)OCC(O)COP(=O)(O)OC[C@@H](COC(=O)CCCCCCCCCC(C)C)OC(=O)CCCCCCCCCCCCCC(C)C. The predicted molar refractivity (Wildman–Crippen MR) is 386 cm³/mol. The third-order valence-electron chi connectivity index (χ3n) is 17.9. The van der Waals surface area contributed by atoms with Crippen molar-refractivity contribution in [2.75, 3.05) is 39.6 Å². The molecule has 0 spiro atoms. The van der Waals surface area contributed by atoms with Gasteiger partial charge in [-0.15, -0.1) is 0 Å². The van der Waals surface area contributed by atoms with Gasteiger partial charge in [-0.25, -0.2) is 9.13 Å². The summed E-state index contributed by atoms with van der Waals surface area (Å²) >= 11 is 0. The Balaban J connectivity index is 5.25. The van der Waals surface area contributed by atoms with Gasteiger partial charge >= 0.3 is 39.5 Å². The Morgan fingerprint density at radius 1 is 0.295 bits per heavy atom. The number of phosphoric acid groups is 2. The first-order valence-corrected chi connectivity index (χ1v) is 42.2. The highest BCUT2D eigenvalue weighted by Crippen LogP contribution is 2.45. The van der Waals surface area contributed by atoms with Crippen LogP contribution in [-0.2, 0) is 65.4 Å². The lowest BCUT2D eigenvalue weighted by Gasteiger charge is -2.21. The highest BCUT2D eigenvalue weighted by atomic mass is 31.2. The summed E-state index contributed by atoms with van der Waals surface area (Å²) in [4.78, 5) is 72.8. The number of aliphatic hydroxyl groups excluding tert-OH is 1. The Bertz CT molecular complexity index is 1870. The van der Waals surface area contributed by atoms with Crippen LogP contribution in [0, 0.1) is 23.7 Å². The number of carbonyl (C=O) groups is 4. The molecule has 0 aromatic rings. The number of phosphoric ester groups is 2. The molecule has 0 saturated heterocycles. The molecule has 0 aliphatic carbocycles. The zero-order chi connectivity index (χ0) is 70.3. The van der Waals surface area contributed by atoms with Crippen molar-refractivity contribution in [3.8, 4) is 0 Å². The fraction of sp³-hybridized carbons (Fsp3) is 0.947. The van der Waals surface area contributed by atoms with Crippen molar-refractivity contribution in [1.29, 1.82) is 0 Å². The third-order valence-corrected chi connectivity index (χ3v) is 19.8. The monoisotopic (exact) mass is 1400 g/mol. The van der Waals surface area contributed by atoms with Crippen LogP contribution in [0.5, 0.6) is 0 Å². The Kier molecular flexibility index (Phi) is 64.0. The van der Waals surface area contributed by atoms with Gasteiger partial charge in [0, 0.05) is 25.7 Å². The number of hydrogen-bond acceptors (Lipinski definition) is 15. The Morgan fingerprint density at radius 2 is 0.505 bits per heavy atom. The van der Waals surface area contributed by atoms with Crippen LogP contribution in [0.1, 0.15) is 383 Å². The summed E-state index contributed by atoms with van der Waals surface area (Å²) in [6.45, 7) is 14.2. The lowest BCUT2D eigenvalue weighted by molar-refractivity contribution is -0.161. The molecule has 0 radical (unpaired) electrons. The van der Waals surface area contributed by atoms with Gasteiger partial charge in [-0.1, -0.05) is 331 Å². The van der Waals surface area contributed by atoms with Crippen molar-refractivity contribution in [1.82, 2.24) is 0 Å². The molecule has 0 fully saturated rings. The van der Waals surface area contributed by atoms with E-state index < -0.39 is 97.5 Å². The second-order valence-corrected chi connectivity index (χ2v) is 32.0. The van der Waals surface area contributed by atoms with Crippen molar-refractivity contribution in [3.05, 3.63) is 0 Å². The summed E-state index contributed by atoms with van der Waals surface area (Å²) < 4.78 is 68.5. The average Bonchev–Trinajstić information content (AvgIpc) is 1.95. The van der Waals surface area contributed by atoms with E-state index in [0.717, 1.165) is 114 Å². The Morgan fingerprint density at radius 3 is 0.747 bits per heavy atom. The minimum absolute atomic E-state index is 0.105. The zero-order valence-corrected chi connectivity index (χ0v) is 64.1. The second-order valence-electron chi connectivity index (χ2n) is 29.1. The molecule has 19 heteroatoms. The number of esters is 4. The largest absolute Gasteiger partial charge is 0.472 e. The zero-order valence-electron chi connectivity index (χ0n) is 62.3. The topological polar surface area (TPSA) is 237 Å². The maximum absolute atomic E-state index is 13.1. The normalized spacial score (nSPS) is 14.4. The fourth-order valence-electron chi connectivity index (χ4n) is 11.5. The molecule has 0 aliphatic heterocycles. The van der Waals surface area contributed by atoms with Crippen LogP contribution in [0.3, 0.4) is 0 Å². The van der Waals surface area contributed by atoms with E-state index in [2.05, 4.69) is 55.4 Å². The van der Waals surface area contributed by atoms with Gasteiger partial charge in [0.1, 0.15) is 19.3 Å². The van der Waals surface area contributed by atoms with Crippen LogP contribution >= 0.6 is 15.6 Å². The first-order valence-electron chi connectivity index (χ1n) is 39.2. The average molecular weight is 1400 g/mol. The molecular formula is C76H148O17P2. The third kappa shape index (κ3) is 69.0. The van der Waals surface area contributed by atoms with E-state index in [-0.39, 0.29) is 25.7 Å². The van der Waals surface area contributed by atoms with Gasteiger partial charge < -0.3 is 33.8 Å². The van der Waals surface area contributed by atoms with Crippen LogP contribution in [0.2, 0.25) is 0 Å². The molecule has 3 N–H and O–H groups in total. The standard InChI is InChI=1S/C76H148O17P2/c1-9-69(8)55-47-39-31-23-19-20-26-34-43-51-59-76(81)92-71(62-86-73(78)56-48-40-32-24-17-13-11-10-12-15-21-28-36-44-52-66(2)3)64-90-94(82,83)88-60-70(77)61-89-95(84,85)91-65-72(63-87-74(79)57-49-41-35-27-30-38-46-54-68(6)7)93-75(80)58-50-42-33-25-18-14-16-22-29-37-45-53-67(4)5/h66-72,77H,9-65H2,1-8H3,(H,82,83)(H,84,85)/t69?,70?,71-,72-/m1/s1. The molecule has 4 unspecified atom stereocenters. The summed E-state index contributed by atoms with van der Waals surface area (Å²) in [6, 6.07) is 0. The number of unbranched alkanes of at least 4 members (excludes halogenated alkanes) is 38. The highest BCUT2D eigenvalue weighted by Gasteiger charge is 2.30. The minimum atomic E-state index is -4.96. The van der Waals surface area contributed by atoms with E-state index in [1.807, 2.05) is 0 Å². The van der Waals surface area contributed by atoms with Crippen LogP contribution in [0.4, 0.5) is 0 Å². The number of rotatable bonds is 73. The van der Waals surface area contributed by atoms with Crippen LogP contribution in [-0.4, -0.2) is 96.7 Å². The van der Waals surface area contributed by atoms with E-state index in [1.54, 1.807) is 0 Å². The van der Waals surface area contributed by atoms with Crippen molar-refractivity contribution >= 4 is 39.5 Å². The smallest absolute Gasteiger partial charge is 0.462 e. The number of hydrogen-bond donors (Lipinski definition) is 3. The molecule has 0 amide bonds. The van der Waals surface area contributed by atoms with E-state index in [4.69, 9.17) is 37.0 Å². The summed E-state index contributed by atoms with van der Waals surface area (Å²) in [5, 5.41) is 10.6. The van der Waals surface area contributed by atoms with Crippen LogP contribution in [0.15, 0.2) is 0 Å². The summed E-state index contributed by atoms with van der Waals surface area (Å²) in [7, 11) is -9.91. The number of ether oxygens (including phenoxy) is 4. The molecule has 0 aliphatic rings. The first kappa shape index (κ1) is 93.1. The van der Waals surface area contributed by atoms with Gasteiger partial charge in [-0.05, 0) is 49.4 Å². The number of carbonyl (C=O) groups excluding carboxylic acids is 4. The molecule has 564 valence electrons. The predicted octanol–water partition coefficient (Wildman–Crippen LogP) is 22.0. The van der Waals surface area contributed by atoms with Gasteiger partial charge in [-0.3, -0.25) is 37.3 Å². The molecule has 95 heavy (non-hydrogen) atoms. The van der Waals surface area contributed by atoms with Crippen molar-refractivity contribution in [3.63, 3.8) is 0 Å². The molecule has 17 nitrogen and oxygen atoms in total. The van der Waals surface area contributed by atoms with Crippen molar-refractivity contribution < 1.29 is 80.2 Å². The Hall–Kier alpha value is -1.94.